The first-order valence-corrected chi connectivity index (χ1v) is 7.61. The topological polar surface area (TPSA) is 35.2 Å². The van der Waals surface area contributed by atoms with Crippen LogP contribution in [0.25, 0.3) is 0 Å². The van der Waals surface area contributed by atoms with Crippen LogP contribution < -0.4 is 10.5 Å². The maximum Gasteiger partial charge on any atom is 0.132 e. The number of ether oxygens (including phenoxy) is 1. The molecule has 0 heterocycles. The Morgan fingerprint density at radius 2 is 1.76 bits per heavy atom. The zero-order valence-corrected chi connectivity index (χ0v) is 13.6. The fourth-order valence-electron chi connectivity index (χ4n) is 2.11. The number of halogens is 1. The Bertz CT molecular complexity index is 605. The molecule has 0 aliphatic carbocycles. The van der Waals surface area contributed by atoms with E-state index in [0.717, 1.165) is 23.5 Å². The maximum atomic E-state index is 5.97. The molecular weight excluding hydrogens is 282 g/mol. The highest BCUT2D eigenvalue weighted by Crippen LogP contribution is 2.31. The molecule has 2 rings (SSSR count). The molecule has 2 nitrogen and oxygen atoms in total. The van der Waals surface area contributed by atoms with Gasteiger partial charge in [-0.15, -0.1) is 0 Å². The summed E-state index contributed by atoms with van der Waals surface area (Å²) in [5, 5.41) is 0.669. The Hall–Kier alpha value is -1.51. The lowest BCUT2D eigenvalue weighted by Crippen LogP contribution is -2.14. The van der Waals surface area contributed by atoms with Gasteiger partial charge in [-0.25, -0.2) is 0 Å². The number of hydrogen-bond acceptors (Lipinski definition) is 2. The second-order valence-electron chi connectivity index (χ2n) is 5.82. The van der Waals surface area contributed by atoms with Crippen LogP contribution in [0.15, 0.2) is 42.5 Å². The van der Waals surface area contributed by atoms with Crippen LogP contribution in [0, 0.1) is 0 Å². The molecule has 0 aromatic heterocycles. The second kappa shape index (κ2) is 6.50. The molecule has 0 aliphatic heterocycles. The van der Waals surface area contributed by atoms with Crippen molar-refractivity contribution in [1.29, 1.82) is 0 Å². The van der Waals surface area contributed by atoms with Crippen molar-refractivity contribution in [3.63, 3.8) is 0 Å². The molecule has 0 spiro atoms. The van der Waals surface area contributed by atoms with Gasteiger partial charge in [0.2, 0.25) is 0 Å². The largest absolute Gasteiger partial charge is 0.457 e. The fraction of sp³-hybridized carbons (Fsp3) is 0.333. The van der Waals surface area contributed by atoms with Crippen molar-refractivity contribution in [1.82, 2.24) is 0 Å². The summed E-state index contributed by atoms with van der Waals surface area (Å²) in [7, 11) is 0. The Morgan fingerprint density at radius 1 is 1.10 bits per heavy atom. The van der Waals surface area contributed by atoms with Crippen molar-refractivity contribution in [2.45, 2.75) is 39.2 Å². The van der Waals surface area contributed by atoms with Crippen LogP contribution in [-0.2, 0) is 12.0 Å². The maximum absolute atomic E-state index is 5.97. The molecule has 0 radical (unpaired) electrons. The highest BCUT2D eigenvalue weighted by atomic mass is 35.5. The molecular formula is C18H22ClNO. The molecule has 2 aromatic carbocycles. The summed E-state index contributed by atoms with van der Waals surface area (Å²) in [4.78, 5) is 0. The molecule has 2 aromatic rings. The van der Waals surface area contributed by atoms with Gasteiger partial charge in [0.25, 0.3) is 0 Å². The van der Waals surface area contributed by atoms with Gasteiger partial charge in [0.15, 0.2) is 0 Å². The van der Waals surface area contributed by atoms with Crippen LogP contribution in [0.2, 0.25) is 5.02 Å². The van der Waals surface area contributed by atoms with Gasteiger partial charge in [-0.3, -0.25) is 0 Å². The van der Waals surface area contributed by atoms with E-state index in [1.165, 1.54) is 5.56 Å². The van der Waals surface area contributed by atoms with Gasteiger partial charge < -0.3 is 10.5 Å². The van der Waals surface area contributed by atoms with Gasteiger partial charge in [-0.1, -0.05) is 44.5 Å². The molecule has 21 heavy (non-hydrogen) atoms. The lowest BCUT2D eigenvalue weighted by molar-refractivity contribution is 0.473. The summed E-state index contributed by atoms with van der Waals surface area (Å²) in [5.74, 6) is 1.56. The van der Waals surface area contributed by atoms with Crippen molar-refractivity contribution in [3.8, 4) is 11.5 Å². The zero-order valence-electron chi connectivity index (χ0n) is 12.8. The Morgan fingerprint density at radius 3 is 2.33 bits per heavy atom. The number of benzene rings is 2. The Labute approximate surface area is 131 Å². The zero-order chi connectivity index (χ0) is 15.5. The number of hydrogen-bond donors (Lipinski definition) is 1. The predicted octanol–water partition coefficient (Wildman–Crippen LogP) is 5.28. The van der Waals surface area contributed by atoms with Crippen LogP contribution in [0.3, 0.4) is 0 Å². The molecule has 0 saturated heterocycles. The molecule has 0 unspecified atom stereocenters. The standard InChI is InChI=1S/C18H22ClNO/c1-4-18(2,3)14-5-8-16(9-6-14)21-17-10-7-15(19)11-13(17)12-20/h5-11H,4,12,20H2,1-3H3. The van der Waals surface area contributed by atoms with Crippen LogP contribution >= 0.6 is 11.6 Å². The predicted molar refractivity (Wildman–Crippen MR) is 89.2 cm³/mol. The minimum atomic E-state index is 0.182. The Kier molecular flexibility index (Phi) is 4.92. The van der Waals surface area contributed by atoms with Gasteiger partial charge >= 0.3 is 0 Å². The summed E-state index contributed by atoms with van der Waals surface area (Å²) in [5.41, 5.74) is 8.13. The van der Waals surface area contributed by atoms with E-state index in [2.05, 4.69) is 32.9 Å². The van der Waals surface area contributed by atoms with Crippen LogP contribution in [0.1, 0.15) is 38.3 Å². The van der Waals surface area contributed by atoms with E-state index in [4.69, 9.17) is 22.1 Å². The van der Waals surface area contributed by atoms with Crippen molar-refractivity contribution in [2.24, 2.45) is 5.73 Å². The molecule has 0 bridgehead atoms. The number of rotatable bonds is 5. The highest BCUT2D eigenvalue weighted by Gasteiger charge is 2.17. The molecule has 0 amide bonds. The van der Waals surface area contributed by atoms with E-state index >= 15 is 0 Å². The van der Waals surface area contributed by atoms with Gasteiger partial charge in [-0.2, -0.15) is 0 Å². The van der Waals surface area contributed by atoms with E-state index in [1.807, 2.05) is 30.3 Å². The summed E-state index contributed by atoms with van der Waals surface area (Å²) in [6, 6.07) is 13.8. The smallest absolute Gasteiger partial charge is 0.132 e. The molecule has 2 N–H and O–H groups in total. The Balaban J connectivity index is 2.21. The summed E-state index contributed by atoms with van der Waals surface area (Å²) in [6.07, 6.45) is 1.10. The van der Waals surface area contributed by atoms with E-state index in [1.54, 1.807) is 0 Å². The van der Waals surface area contributed by atoms with Gasteiger partial charge in [0.05, 0.1) is 0 Å². The first kappa shape index (κ1) is 15.9. The molecule has 0 saturated carbocycles. The lowest BCUT2D eigenvalue weighted by atomic mass is 9.82. The minimum absolute atomic E-state index is 0.182. The van der Waals surface area contributed by atoms with Crippen molar-refractivity contribution >= 4 is 11.6 Å². The van der Waals surface area contributed by atoms with Gasteiger partial charge in [0.1, 0.15) is 11.5 Å². The summed E-state index contributed by atoms with van der Waals surface area (Å²) < 4.78 is 5.92. The van der Waals surface area contributed by atoms with Gasteiger partial charge in [0, 0.05) is 17.1 Å². The summed E-state index contributed by atoms with van der Waals surface area (Å²) >= 11 is 5.97. The van der Waals surface area contributed by atoms with E-state index in [9.17, 15) is 0 Å². The van der Waals surface area contributed by atoms with Crippen LogP contribution in [0.5, 0.6) is 11.5 Å². The van der Waals surface area contributed by atoms with Crippen molar-refractivity contribution in [2.75, 3.05) is 0 Å². The third-order valence-corrected chi connectivity index (χ3v) is 4.23. The minimum Gasteiger partial charge on any atom is -0.457 e. The van der Waals surface area contributed by atoms with E-state index in [-0.39, 0.29) is 5.41 Å². The molecule has 0 fully saturated rings. The third-order valence-electron chi connectivity index (χ3n) is 3.99. The number of nitrogens with two attached hydrogens (primary N) is 1. The highest BCUT2D eigenvalue weighted by molar-refractivity contribution is 6.30. The fourth-order valence-corrected chi connectivity index (χ4v) is 2.31. The first-order chi connectivity index (χ1) is 9.96. The van der Waals surface area contributed by atoms with E-state index < -0.39 is 0 Å². The molecule has 0 atom stereocenters. The van der Waals surface area contributed by atoms with E-state index in [0.29, 0.717) is 11.6 Å². The van der Waals surface area contributed by atoms with Crippen LogP contribution in [0.4, 0.5) is 0 Å². The monoisotopic (exact) mass is 303 g/mol. The average molecular weight is 304 g/mol. The third kappa shape index (κ3) is 3.78. The van der Waals surface area contributed by atoms with Crippen molar-refractivity contribution in [3.05, 3.63) is 58.6 Å². The molecule has 112 valence electrons. The normalized spacial score (nSPS) is 11.5. The second-order valence-corrected chi connectivity index (χ2v) is 6.26. The van der Waals surface area contributed by atoms with Gasteiger partial charge in [-0.05, 0) is 47.7 Å². The molecule has 0 aliphatic rings. The lowest BCUT2D eigenvalue weighted by Gasteiger charge is -2.23. The average Bonchev–Trinajstić information content (AvgIpc) is 2.49. The SMILES string of the molecule is CCC(C)(C)c1ccc(Oc2ccc(Cl)cc2CN)cc1. The first-order valence-electron chi connectivity index (χ1n) is 7.23. The van der Waals surface area contributed by atoms with Crippen molar-refractivity contribution < 1.29 is 4.74 Å². The van der Waals surface area contributed by atoms with Crippen LogP contribution in [-0.4, -0.2) is 0 Å². The molecule has 3 heteroatoms. The quantitative estimate of drug-likeness (QED) is 0.815. The summed E-state index contributed by atoms with van der Waals surface area (Å²) in [6.45, 7) is 7.09.